The molecule has 24 heavy (non-hydrogen) atoms. The fraction of sp³-hybridized carbons (Fsp3) is 0.412. The molecule has 0 unspecified atom stereocenters. The van der Waals surface area contributed by atoms with Crippen molar-refractivity contribution >= 4 is 23.0 Å². The van der Waals surface area contributed by atoms with Crippen LogP contribution in [0.4, 0.5) is 5.69 Å². The lowest BCUT2D eigenvalue weighted by molar-refractivity contribution is 0.355. The number of aromatic nitrogens is 1. The number of hydrogen-bond donors (Lipinski definition) is 2. The Morgan fingerprint density at radius 2 is 2.04 bits per heavy atom. The average Bonchev–Trinajstić information content (AvgIpc) is 3.08. The van der Waals surface area contributed by atoms with E-state index in [2.05, 4.69) is 27.5 Å². The van der Waals surface area contributed by atoms with Crippen molar-refractivity contribution in [3.8, 4) is 11.5 Å². The monoisotopic (exact) mass is 348 g/mol. The zero-order chi connectivity index (χ0) is 17.4. The normalized spacial score (nSPS) is 11.2. The molecule has 1 heterocycles. The fourth-order valence-corrected chi connectivity index (χ4v) is 3.01. The Balaban J connectivity index is 1.90. The second kappa shape index (κ2) is 9.12. The SMILES string of the molecule is CCc1cnc(CCNC(=NC)Nc2ccc(OC)c(OC)c2)s1. The largest absolute Gasteiger partial charge is 0.493 e. The molecule has 7 heteroatoms. The maximum absolute atomic E-state index is 5.31. The molecule has 130 valence electrons. The molecule has 0 saturated heterocycles. The number of hydrogen-bond acceptors (Lipinski definition) is 5. The maximum Gasteiger partial charge on any atom is 0.195 e. The lowest BCUT2D eigenvalue weighted by Gasteiger charge is -2.13. The number of nitrogens with one attached hydrogen (secondary N) is 2. The van der Waals surface area contributed by atoms with E-state index < -0.39 is 0 Å². The third-order valence-corrected chi connectivity index (χ3v) is 4.65. The molecule has 0 saturated carbocycles. The van der Waals surface area contributed by atoms with E-state index in [4.69, 9.17) is 9.47 Å². The topological polar surface area (TPSA) is 67.8 Å². The van der Waals surface area contributed by atoms with E-state index in [9.17, 15) is 0 Å². The minimum atomic E-state index is 0.674. The highest BCUT2D eigenvalue weighted by molar-refractivity contribution is 7.11. The predicted octanol–water partition coefficient (Wildman–Crippen LogP) is 2.95. The van der Waals surface area contributed by atoms with Gasteiger partial charge in [-0.2, -0.15) is 0 Å². The molecule has 1 aromatic heterocycles. The number of aryl methyl sites for hydroxylation is 1. The number of aliphatic imine (C=N–C) groups is 1. The van der Waals surface area contributed by atoms with Gasteiger partial charge in [-0.25, -0.2) is 4.98 Å². The zero-order valence-electron chi connectivity index (χ0n) is 14.5. The van der Waals surface area contributed by atoms with Crippen LogP contribution in [0, 0.1) is 0 Å². The lowest BCUT2D eigenvalue weighted by Crippen LogP contribution is -2.32. The molecular weight excluding hydrogens is 324 g/mol. The molecule has 2 aromatic rings. The summed E-state index contributed by atoms with van der Waals surface area (Å²) in [5, 5.41) is 7.68. The number of methoxy groups -OCH3 is 2. The van der Waals surface area contributed by atoms with Crippen molar-refractivity contribution in [3.05, 3.63) is 34.3 Å². The number of guanidine groups is 1. The van der Waals surface area contributed by atoms with Gasteiger partial charge < -0.3 is 20.1 Å². The van der Waals surface area contributed by atoms with E-state index in [1.807, 2.05) is 24.4 Å². The first-order chi connectivity index (χ1) is 11.7. The highest BCUT2D eigenvalue weighted by Crippen LogP contribution is 2.29. The van der Waals surface area contributed by atoms with Gasteiger partial charge in [0.15, 0.2) is 17.5 Å². The van der Waals surface area contributed by atoms with Crippen molar-refractivity contribution in [1.29, 1.82) is 0 Å². The zero-order valence-corrected chi connectivity index (χ0v) is 15.4. The Labute approximate surface area is 146 Å². The van der Waals surface area contributed by atoms with Gasteiger partial charge >= 0.3 is 0 Å². The van der Waals surface area contributed by atoms with Gasteiger partial charge in [0.05, 0.1) is 19.2 Å². The van der Waals surface area contributed by atoms with Crippen LogP contribution in [0.25, 0.3) is 0 Å². The van der Waals surface area contributed by atoms with Gasteiger partial charge in [-0.15, -0.1) is 11.3 Å². The van der Waals surface area contributed by atoms with Crippen LogP contribution in [0.2, 0.25) is 0 Å². The van der Waals surface area contributed by atoms with Crippen molar-refractivity contribution in [1.82, 2.24) is 10.3 Å². The molecule has 0 amide bonds. The number of rotatable bonds is 7. The van der Waals surface area contributed by atoms with Crippen molar-refractivity contribution < 1.29 is 9.47 Å². The number of ether oxygens (including phenoxy) is 2. The molecule has 1 aromatic carbocycles. The summed E-state index contributed by atoms with van der Waals surface area (Å²) in [5.41, 5.74) is 0.878. The molecule has 0 spiro atoms. The maximum atomic E-state index is 5.31. The van der Waals surface area contributed by atoms with E-state index >= 15 is 0 Å². The molecule has 0 radical (unpaired) electrons. The number of anilines is 1. The molecular formula is C17H24N4O2S. The second-order valence-electron chi connectivity index (χ2n) is 5.02. The Hall–Kier alpha value is -2.28. The predicted molar refractivity (Wildman–Crippen MR) is 99.7 cm³/mol. The summed E-state index contributed by atoms with van der Waals surface area (Å²) < 4.78 is 10.6. The van der Waals surface area contributed by atoms with Crippen LogP contribution in [0.3, 0.4) is 0 Å². The molecule has 0 bridgehead atoms. The van der Waals surface area contributed by atoms with Crippen LogP contribution in [0.1, 0.15) is 16.8 Å². The van der Waals surface area contributed by atoms with Gasteiger partial charge in [0.25, 0.3) is 0 Å². The molecule has 0 aliphatic carbocycles. The van der Waals surface area contributed by atoms with Crippen molar-refractivity contribution in [2.24, 2.45) is 4.99 Å². The summed E-state index contributed by atoms with van der Waals surface area (Å²) in [7, 11) is 4.98. The van der Waals surface area contributed by atoms with Crippen LogP contribution in [-0.4, -0.2) is 38.8 Å². The van der Waals surface area contributed by atoms with Crippen molar-refractivity contribution in [3.63, 3.8) is 0 Å². The standard InChI is InChI=1S/C17H24N4O2S/c1-5-13-11-20-16(24-13)8-9-19-17(18-2)21-12-6-7-14(22-3)15(10-12)23-4/h6-7,10-11H,5,8-9H2,1-4H3,(H2,18,19,21). The molecule has 0 aliphatic rings. The van der Waals surface area contributed by atoms with E-state index in [1.165, 1.54) is 4.88 Å². The van der Waals surface area contributed by atoms with Crippen LogP contribution >= 0.6 is 11.3 Å². The van der Waals surface area contributed by atoms with Crippen LogP contribution < -0.4 is 20.1 Å². The summed E-state index contributed by atoms with van der Waals surface area (Å²) in [5.74, 6) is 2.07. The highest BCUT2D eigenvalue weighted by Gasteiger charge is 2.06. The van der Waals surface area contributed by atoms with Gasteiger partial charge in [-0.3, -0.25) is 4.99 Å². The van der Waals surface area contributed by atoms with Gasteiger partial charge in [-0.1, -0.05) is 6.92 Å². The van der Waals surface area contributed by atoms with Gasteiger partial charge in [0.2, 0.25) is 0 Å². The minimum Gasteiger partial charge on any atom is -0.493 e. The second-order valence-corrected chi connectivity index (χ2v) is 6.22. The summed E-state index contributed by atoms with van der Waals surface area (Å²) in [6, 6.07) is 5.65. The van der Waals surface area contributed by atoms with Gasteiger partial charge in [0, 0.05) is 42.8 Å². The lowest BCUT2D eigenvalue weighted by atomic mass is 10.3. The number of nitrogens with zero attached hydrogens (tertiary/aromatic N) is 2. The fourth-order valence-electron chi connectivity index (χ4n) is 2.14. The Morgan fingerprint density at radius 3 is 2.67 bits per heavy atom. The summed E-state index contributed by atoms with van der Waals surface area (Å²) in [4.78, 5) is 9.98. The van der Waals surface area contributed by atoms with E-state index in [1.54, 1.807) is 32.6 Å². The Morgan fingerprint density at radius 1 is 1.25 bits per heavy atom. The first-order valence-corrected chi connectivity index (χ1v) is 8.65. The van der Waals surface area contributed by atoms with Crippen molar-refractivity contribution in [2.75, 3.05) is 33.1 Å². The summed E-state index contributed by atoms with van der Waals surface area (Å²) in [6.07, 6.45) is 3.86. The first-order valence-electron chi connectivity index (χ1n) is 7.83. The summed E-state index contributed by atoms with van der Waals surface area (Å²) >= 11 is 1.76. The number of thiazole rings is 1. The quantitative estimate of drug-likeness (QED) is 0.595. The van der Waals surface area contributed by atoms with E-state index in [-0.39, 0.29) is 0 Å². The Kier molecular flexibility index (Phi) is 6.87. The van der Waals surface area contributed by atoms with Gasteiger partial charge in [0.1, 0.15) is 0 Å². The van der Waals surface area contributed by atoms with E-state index in [0.29, 0.717) is 17.5 Å². The Bertz CT molecular complexity index is 685. The third-order valence-electron chi connectivity index (χ3n) is 3.45. The average molecular weight is 348 g/mol. The van der Waals surface area contributed by atoms with E-state index in [0.717, 1.165) is 30.1 Å². The van der Waals surface area contributed by atoms with Crippen LogP contribution in [0.15, 0.2) is 29.4 Å². The third kappa shape index (κ3) is 4.86. The molecule has 6 nitrogen and oxygen atoms in total. The molecule has 0 atom stereocenters. The van der Waals surface area contributed by atoms with Crippen LogP contribution in [-0.2, 0) is 12.8 Å². The van der Waals surface area contributed by atoms with Gasteiger partial charge in [-0.05, 0) is 18.6 Å². The molecule has 2 rings (SSSR count). The number of benzene rings is 1. The van der Waals surface area contributed by atoms with Crippen molar-refractivity contribution in [2.45, 2.75) is 19.8 Å². The highest BCUT2D eigenvalue weighted by atomic mass is 32.1. The smallest absolute Gasteiger partial charge is 0.195 e. The minimum absolute atomic E-state index is 0.674. The summed E-state index contributed by atoms with van der Waals surface area (Å²) in [6.45, 7) is 2.91. The molecule has 2 N–H and O–H groups in total. The first kappa shape index (κ1) is 18.1. The molecule has 0 fully saturated rings. The van der Waals surface area contributed by atoms with Crippen LogP contribution in [0.5, 0.6) is 11.5 Å². The molecule has 0 aliphatic heterocycles.